The summed E-state index contributed by atoms with van der Waals surface area (Å²) in [7, 11) is 0. The number of H-pyrrole nitrogens is 2. The van der Waals surface area contributed by atoms with Gasteiger partial charge in [-0.05, 0) is 50.6 Å². The maximum Gasteiger partial charge on any atom is 0.116 e. The van der Waals surface area contributed by atoms with Gasteiger partial charge < -0.3 is 14.9 Å². The zero-order chi connectivity index (χ0) is 23.2. The van der Waals surface area contributed by atoms with Crippen LogP contribution in [0.15, 0.2) is 67.6 Å². The van der Waals surface area contributed by atoms with E-state index >= 15 is 0 Å². The summed E-state index contributed by atoms with van der Waals surface area (Å²) in [6, 6.07) is 10.9. The van der Waals surface area contributed by atoms with Crippen molar-refractivity contribution in [2.45, 2.75) is 26.8 Å². The molecule has 0 spiro atoms. The van der Waals surface area contributed by atoms with Gasteiger partial charge in [0.05, 0.1) is 52.5 Å². The Balaban J connectivity index is 1.45. The highest BCUT2D eigenvalue weighted by molar-refractivity contribution is 5.99. The van der Waals surface area contributed by atoms with E-state index < -0.39 is 0 Å². The van der Waals surface area contributed by atoms with E-state index in [2.05, 4.69) is 79.6 Å². The third-order valence-corrected chi connectivity index (χ3v) is 5.86. The second kappa shape index (κ2) is 7.84. The standard InChI is InChI=1S/C26H24N8/c1-15(2)30-19-6-18(9-27-10-19)17-4-5-22-21(7-17)26(33-32-22)23-8-20-24(31-23)11-28-12-25(20)34-13-16(3)29-14-34/h4-15,30-31H,1-3H3,(H,32,33). The largest absolute Gasteiger partial charge is 0.382 e. The van der Waals surface area contributed by atoms with Gasteiger partial charge in [0.1, 0.15) is 5.69 Å². The zero-order valence-corrected chi connectivity index (χ0v) is 19.2. The van der Waals surface area contributed by atoms with Crippen LogP contribution in [0.2, 0.25) is 0 Å². The first kappa shape index (κ1) is 20.2. The topological polar surface area (TPSA) is 100 Å². The van der Waals surface area contributed by atoms with Gasteiger partial charge >= 0.3 is 0 Å². The second-order valence-electron chi connectivity index (χ2n) is 8.82. The molecule has 0 aliphatic rings. The van der Waals surface area contributed by atoms with E-state index in [-0.39, 0.29) is 0 Å². The number of anilines is 1. The van der Waals surface area contributed by atoms with Crippen LogP contribution in [-0.4, -0.2) is 40.7 Å². The van der Waals surface area contributed by atoms with Gasteiger partial charge in [0.2, 0.25) is 0 Å². The van der Waals surface area contributed by atoms with E-state index in [9.17, 15) is 0 Å². The molecule has 0 saturated heterocycles. The lowest BCUT2D eigenvalue weighted by Crippen LogP contribution is -2.09. The molecule has 0 radical (unpaired) electrons. The van der Waals surface area contributed by atoms with Crippen molar-refractivity contribution < 1.29 is 0 Å². The third kappa shape index (κ3) is 3.49. The van der Waals surface area contributed by atoms with E-state index in [1.54, 1.807) is 0 Å². The molecule has 8 nitrogen and oxygen atoms in total. The van der Waals surface area contributed by atoms with Crippen molar-refractivity contribution in [1.29, 1.82) is 0 Å². The normalized spacial score (nSPS) is 11.6. The summed E-state index contributed by atoms with van der Waals surface area (Å²) < 4.78 is 1.99. The van der Waals surface area contributed by atoms with Gasteiger partial charge in [0.25, 0.3) is 0 Å². The summed E-state index contributed by atoms with van der Waals surface area (Å²) in [5, 5.41) is 13.3. The van der Waals surface area contributed by atoms with E-state index in [1.165, 1.54) is 0 Å². The molecule has 0 aliphatic carbocycles. The van der Waals surface area contributed by atoms with Crippen molar-refractivity contribution in [1.82, 2.24) is 34.7 Å². The molecule has 0 saturated carbocycles. The van der Waals surface area contributed by atoms with Crippen LogP contribution in [0.25, 0.3) is 50.0 Å². The molecule has 8 heteroatoms. The molecule has 3 N–H and O–H groups in total. The van der Waals surface area contributed by atoms with Crippen molar-refractivity contribution in [3.8, 4) is 28.2 Å². The van der Waals surface area contributed by atoms with Crippen LogP contribution in [0.1, 0.15) is 19.5 Å². The molecule has 0 bridgehead atoms. The summed E-state index contributed by atoms with van der Waals surface area (Å²) in [5.41, 5.74) is 8.80. The number of nitrogens with one attached hydrogen (secondary N) is 3. The highest BCUT2D eigenvalue weighted by atomic mass is 15.1. The Morgan fingerprint density at radius 2 is 1.79 bits per heavy atom. The van der Waals surface area contributed by atoms with E-state index in [4.69, 9.17) is 0 Å². The number of pyridine rings is 2. The fraction of sp³-hybridized carbons (Fsp3) is 0.154. The molecule has 168 valence electrons. The number of aryl methyl sites for hydroxylation is 1. The van der Waals surface area contributed by atoms with Gasteiger partial charge in [0, 0.05) is 41.0 Å². The molecule has 0 atom stereocenters. The van der Waals surface area contributed by atoms with E-state index in [0.717, 1.165) is 61.4 Å². The molecule has 0 fully saturated rings. The molecular formula is C26H24N8. The van der Waals surface area contributed by atoms with Crippen LogP contribution >= 0.6 is 0 Å². The quantitative estimate of drug-likeness (QED) is 0.324. The zero-order valence-electron chi connectivity index (χ0n) is 19.2. The fourth-order valence-electron chi connectivity index (χ4n) is 4.33. The third-order valence-electron chi connectivity index (χ3n) is 5.86. The van der Waals surface area contributed by atoms with Gasteiger partial charge in [-0.1, -0.05) is 6.07 Å². The Morgan fingerprint density at radius 1 is 0.912 bits per heavy atom. The first-order valence-electron chi connectivity index (χ1n) is 11.2. The number of benzene rings is 1. The molecule has 1 aromatic carbocycles. The first-order valence-corrected chi connectivity index (χ1v) is 11.2. The number of rotatable bonds is 5. The minimum absolute atomic E-state index is 0.340. The molecule has 6 aromatic rings. The number of fused-ring (bicyclic) bond motifs is 2. The fourth-order valence-corrected chi connectivity index (χ4v) is 4.33. The Kier molecular flexibility index (Phi) is 4.65. The number of nitrogens with zero attached hydrogens (tertiary/aromatic N) is 5. The Hall–Kier alpha value is -4.46. The molecule has 6 rings (SSSR count). The van der Waals surface area contributed by atoms with Gasteiger partial charge in [-0.25, -0.2) is 4.98 Å². The van der Waals surface area contributed by atoms with E-state index in [0.29, 0.717) is 6.04 Å². The average Bonchev–Trinajstić information content (AvgIpc) is 3.55. The van der Waals surface area contributed by atoms with Gasteiger partial charge in [-0.3, -0.25) is 15.1 Å². The minimum atomic E-state index is 0.340. The molecule has 0 unspecified atom stereocenters. The number of aromatic amines is 2. The number of imidazole rings is 1. The molecular weight excluding hydrogens is 424 g/mol. The average molecular weight is 449 g/mol. The predicted octanol–water partition coefficient (Wildman–Crippen LogP) is 5.48. The smallest absolute Gasteiger partial charge is 0.116 e. The second-order valence-corrected chi connectivity index (χ2v) is 8.82. The van der Waals surface area contributed by atoms with Crippen molar-refractivity contribution in [2.24, 2.45) is 0 Å². The number of hydrogen-bond acceptors (Lipinski definition) is 5. The number of hydrogen-bond donors (Lipinski definition) is 3. The SMILES string of the molecule is Cc1cn(-c2cncc3[nH]c(-c4n[nH]c5ccc(-c6cncc(NC(C)C)c6)cc45)cc23)cn1. The van der Waals surface area contributed by atoms with Gasteiger partial charge in [-0.15, -0.1) is 0 Å². The van der Waals surface area contributed by atoms with Gasteiger partial charge in [-0.2, -0.15) is 5.10 Å². The molecule has 34 heavy (non-hydrogen) atoms. The van der Waals surface area contributed by atoms with Crippen LogP contribution in [0.4, 0.5) is 5.69 Å². The summed E-state index contributed by atoms with van der Waals surface area (Å²) >= 11 is 0. The molecule has 0 amide bonds. The van der Waals surface area contributed by atoms with Crippen molar-refractivity contribution >= 4 is 27.5 Å². The van der Waals surface area contributed by atoms with Crippen LogP contribution in [-0.2, 0) is 0 Å². The molecule has 5 heterocycles. The number of aromatic nitrogens is 7. The highest BCUT2D eigenvalue weighted by Gasteiger charge is 2.15. The lowest BCUT2D eigenvalue weighted by Gasteiger charge is -2.11. The Bertz CT molecular complexity index is 1640. The van der Waals surface area contributed by atoms with Crippen molar-refractivity contribution in [3.05, 3.63) is 73.3 Å². The minimum Gasteiger partial charge on any atom is -0.382 e. The summed E-state index contributed by atoms with van der Waals surface area (Å²) in [5.74, 6) is 0. The Labute approximate surface area is 196 Å². The highest BCUT2D eigenvalue weighted by Crippen LogP contribution is 2.33. The monoisotopic (exact) mass is 448 g/mol. The maximum absolute atomic E-state index is 4.64. The molecule has 5 aromatic heterocycles. The van der Waals surface area contributed by atoms with Crippen LogP contribution in [0.3, 0.4) is 0 Å². The van der Waals surface area contributed by atoms with Gasteiger partial charge in [0.15, 0.2) is 0 Å². The lowest BCUT2D eigenvalue weighted by atomic mass is 10.0. The van der Waals surface area contributed by atoms with Crippen LogP contribution in [0.5, 0.6) is 0 Å². The summed E-state index contributed by atoms with van der Waals surface area (Å²) in [6.45, 7) is 6.21. The van der Waals surface area contributed by atoms with Crippen molar-refractivity contribution in [3.63, 3.8) is 0 Å². The summed E-state index contributed by atoms with van der Waals surface area (Å²) in [6.07, 6.45) is 11.2. The van der Waals surface area contributed by atoms with E-state index in [1.807, 2.05) is 48.8 Å². The predicted molar refractivity (Wildman–Crippen MR) is 135 cm³/mol. The Morgan fingerprint density at radius 3 is 2.62 bits per heavy atom. The van der Waals surface area contributed by atoms with Crippen LogP contribution < -0.4 is 5.32 Å². The first-order chi connectivity index (χ1) is 16.5. The summed E-state index contributed by atoms with van der Waals surface area (Å²) in [4.78, 5) is 16.7. The molecule has 0 aliphatic heterocycles. The maximum atomic E-state index is 4.64. The lowest BCUT2D eigenvalue weighted by molar-refractivity contribution is 0.898. The van der Waals surface area contributed by atoms with Crippen molar-refractivity contribution in [2.75, 3.05) is 5.32 Å². The van der Waals surface area contributed by atoms with Crippen LogP contribution in [0, 0.1) is 6.92 Å².